The molecule has 0 saturated carbocycles. The standard InChI is InChI=1S/C26H28FN7O/c1-2-18-11-20(27)13-23(12-18)35-22-5-9-33(10-6-22)16-21(3-7-28)34-15-19(14-32-34)25-24-4-8-29-26(24)31-17-30-25/h4,8,11-15,17,21-22H,2-3,5-6,9-10,16H2,1H3,(H,29,30,31). The average Bonchev–Trinajstić information content (AvgIpc) is 3.54. The van der Waals surface area contributed by atoms with E-state index in [0.29, 0.717) is 12.2 Å². The highest BCUT2D eigenvalue weighted by atomic mass is 19.1. The second-order valence-corrected chi connectivity index (χ2v) is 8.95. The van der Waals surface area contributed by atoms with Gasteiger partial charge in [-0.15, -0.1) is 0 Å². The van der Waals surface area contributed by atoms with Crippen LogP contribution in [0.5, 0.6) is 5.75 Å². The van der Waals surface area contributed by atoms with E-state index >= 15 is 0 Å². The zero-order valence-corrected chi connectivity index (χ0v) is 19.7. The van der Waals surface area contributed by atoms with Gasteiger partial charge in [0.25, 0.3) is 0 Å². The average molecular weight is 474 g/mol. The first-order chi connectivity index (χ1) is 17.1. The van der Waals surface area contributed by atoms with Crippen LogP contribution in [0.3, 0.4) is 0 Å². The Morgan fingerprint density at radius 2 is 2.11 bits per heavy atom. The first-order valence-corrected chi connectivity index (χ1v) is 12.0. The van der Waals surface area contributed by atoms with Gasteiger partial charge in [0, 0.05) is 49.0 Å². The summed E-state index contributed by atoms with van der Waals surface area (Å²) in [6.07, 6.45) is 10.0. The Balaban J connectivity index is 1.22. The first kappa shape index (κ1) is 23.0. The van der Waals surface area contributed by atoms with Gasteiger partial charge in [-0.2, -0.15) is 10.4 Å². The summed E-state index contributed by atoms with van der Waals surface area (Å²) in [7, 11) is 0. The van der Waals surface area contributed by atoms with E-state index < -0.39 is 0 Å². The third kappa shape index (κ3) is 5.17. The van der Waals surface area contributed by atoms with Crippen LogP contribution in [0.15, 0.2) is 49.2 Å². The first-order valence-electron chi connectivity index (χ1n) is 12.0. The molecule has 1 fully saturated rings. The van der Waals surface area contributed by atoms with Gasteiger partial charge in [0.05, 0.1) is 30.4 Å². The Hall–Kier alpha value is -3.77. The van der Waals surface area contributed by atoms with Crippen molar-refractivity contribution in [1.82, 2.24) is 29.6 Å². The summed E-state index contributed by atoms with van der Waals surface area (Å²) in [6.45, 7) is 4.44. The summed E-state index contributed by atoms with van der Waals surface area (Å²) in [5.41, 5.74) is 3.44. The number of ether oxygens (including phenoxy) is 1. The van der Waals surface area contributed by atoms with Crippen molar-refractivity contribution >= 4 is 11.0 Å². The summed E-state index contributed by atoms with van der Waals surface area (Å²) in [6, 6.07) is 9.13. The number of rotatable bonds is 8. The van der Waals surface area contributed by atoms with Crippen LogP contribution in [0.25, 0.3) is 22.3 Å². The number of hydrogen-bond acceptors (Lipinski definition) is 6. The molecule has 5 rings (SSSR count). The lowest BCUT2D eigenvalue weighted by Crippen LogP contribution is -2.41. The van der Waals surface area contributed by atoms with Gasteiger partial charge in [-0.25, -0.2) is 14.4 Å². The van der Waals surface area contributed by atoms with E-state index in [1.54, 1.807) is 12.3 Å². The molecule has 3 aromatic heterocycles. The van der Waals surface area contributed by atoms with Crippen molar-refractivity contribution < 1.29 is 9.13 Å². The quantitative estimate of drug-likeness (QED) is 0.404. The van der Waals surface area contributed by atoms with Crippen molar-refractivity contribution in [1.29, 1.82) is 5.26 Å². The van der Waals surface area contributed by atoms with Gasteiger partial charge < -0.3 is 14.6 Å². The molecule has 180 valence electrons. The molecule has 1 N–H and O–H groups in total. The summed E-state index contributed by atoms with van der Waals surface area (Å²) >= 11 is 0. The Bertz CT molecular complexity index is 1330. The second-order valence-electron chi connectivity index (χ2n) is 8.95. The minimum Gasteiger partial charge on any atom is -0.490 e. The maximum absolute atomic E-state index is 13.8. The van der Waals surface area contributed by atoms with Gasteiger partial charge in [0.2, 0.25) is 0 Å². The SMILES string of the molecule is CCc1cc(F)cc(OC2CCN(CC(CC#N)n3cc(-c4ncnc5[nH]ccc45)cn3)CC2)c1. The molecule has 1 unspecified atom stereocenters. The number of likely N-dealkylation sites (tertiary alicyclic amines) is 1. The molecule has 0 radical (unpaired) electrons. The van der Waals surface area contributed by atoms with Gasteiger partial charge in [0.1, 0.15) is 29.6 Å². The van der Waals surface area contributed by atoms with Crippen LogP contribution >= 0.6 is 0 Å². The van der Waals surface area contributed by atoms with Crippen LogP contribution in [0.1, 0.15) is 37.8 Å². The fourth-order valence-corrected chi connectivity index (χ4v) is 4.70. The van der Waals surface area contributed by atoms with Crippen LogP contribution in [-0.4, -0.2) is 55.4 Å². The molecular formula is C26H28FN7O. The minimum atomic E-state index is -0.256. The lowest BCUT2D eigenvalue weighted by atomic mass is 10.1. The molecule has 8 nitrogen and oxygen atoms in total. The molecule has 1 saturated heterocycles. The number of hydrogen-bond donors (Lipinski definition) is 1. The Labute approximate surface area is 203 Å². The minimum absolute atomic E-state index is 0.0602. The fourth-order valence-electron chi connectivity index (χ4n) is 4.70. The number of aromatic nitrogens is 5. The van der Waals surface area contributed by atoms with Crippen molar-refractivity contribution in [3.05, 3.63) is 60.6 Å². The third-order valence-corrected chi connectivity index (χ3v) is 6.58. The molecule has 0 aliphatic carbocycles. The molecule has 1 aromatic carbocycles. The number of nitrogens with zero attached hydrogens (tertiary/aromatic N) is 6. The molecule has 0 spiro atoms. The van der Waals surface area contributed by atoms with Crippen molar-refractivity contribution in [2.24, 2.45) is 0 Å². The van der Waals surface area contributed by atoms with E-state index in [0.717, 1.165) is 66.8 Å². The highest BCUT2D eigenvalue weighted by Crippen LogP contribution is 2.27. The van der Waals surface area contributed by atoms with Crippen molar-refractivity contribution in [3.8, 4) is 23.1 Å². The molecule has 9 heteroatoms. The number of piperidine rings is 1. The van der Waals surface area contributed by atoms with E-state index in [1.165, 1.54) is 12.4 Å². The molecule has 1 aliphatic heterocycles. The number of fused-ring (bicyclic) bond motifs is 1. The molecule has 0 bridgehead atoms. The Morgan fingerprint density at radius 3 is 2.91 bits per heavy atom. The van der Waals surface area contributed by atoms with Crippen LogP contribution in [0, 0.1) is 17.1 Å². The number of benzene rings is 1. The van der Waals surface area contributed by atoms with Gasteiger partial charge >= 0.3 is 0 Å². The second kappa shape index (κ2) is 10.2. The molecule has 35 heavy (non-hydrogen) atoms. The van der Waals surface area contributed by atoms with Crippen LogP contribution in [-0.2, 0) is 6.42 Å². The molecule has 1 aliphatic rings. The van der Waals surface area contributed by atoms with Gasteiger partial charge in [0.15, 0.2) is 0 Å². The maximum atomic E-state index is 13.8. The normalized spacial score (nSPS) is 15.8. The molecule has 0 amide bonds. The highest BCUT2D eigenvalue weighted by Gasteiger charge is 2.24. The lowest BCUT2D eigenvalue weighted by Gasteiger charge is -2.34. The fraction of sp³-hybridized carbons (Fsp3) is 0.385. The van der Waals surface area contributed by atoms with E-state index in [4.69, 9.17) is 4.74 Å². The van der Waals surface area contributed by atoms with E-state index in [-0.39, 0.29) is 18.0 Å². The van der Waals surface area contributed by atoms with Crippen LogP contribution in [0.4, 0.5) is 4.39 Å². The molecular weight excluding hydrogens is 445 g/mol. The van der Waals surface area contributed by atoms with E-state index in [1.807, 2.05) is 36.1 Å². The van der Waals surface area contributed by atoms with Crippen molar-refractivity contribution in [2.75, 3.05) is 19.6 Å². The zero-order chi connectivity index (χ0) is 24.2. The zero-order valence-electron chi connectivity index (χ0n) is 19.7. The lowest BCUT2D eigenvalue weighted by molar-refractivity contribution is 0.0909. The monoisotopic (exact) mass is 473 g/mol. The largest absolute Gasteiger partial charge is 0.490 e. The predicted octanol–water partition coefficient (Wildman–Crippen LogP) is 4.52. The molecule has 1 atom stereocenters. The van der Waals surface area contributed by atoms with E-state index in [2.05, 4.69) is 31.0 Å². The number of H-pyrrole nitrogens is 1. The number of halogens is 1. The molecule has 4 aromatic rings. The number of aromatic amines is 1. The summed E-state index contributed by atoms with van der Waals surface area (Å²) in [5, 5.41) is 15.0. The van der Waals surface area contributed by atoms with Crippen LogP contribution < -0.4 is 4.74 Å². The smallest absolute Gasteiger partial charge is 0.141 e. The highest BCUT2D eigenvalue weighted by molar-refractivity contribution is 5.89. The predicted molar refractivity (Wildman–Crippen MR) is 130 cm³/mol. The van der Waals surface area contributed by atoms with Gasteiger partial charge in [-0.3, -0.25) is 4.68 Å². The maximum Gasteiger partial charge on any atom is 0.141 e. The van der Waals surface area contributed by atoms with Gasteiger partial charge in [-0.1, -0.05) is 6.92 Å². The third-order valence-electron chi connectivity index (χ3n) is 6.58. The number of nitriles is 1. The Morgan fingerprint density at radius 1 is 1.26 bits per heavy atom. The van der Waals surface area contributed by atoms with Crippen molar-refractivity contribution in [3.63, 3.8) is 0 Å². The van der Waals surface area contributed by atoms with Crippen LogP contribution in [0.2, 0.25) is 0 Å². The summed E-state index contributed by atoms with van der Waals surface area (Å²) in [5.74, 6) is 0.349. The number of aryl methyl sites for hydroxylation is 1. The van der Waals surface area contributed by atoms with E-state index in [9.17, 15) is 9.65 Å². The topological polar surface area (TPSA) is 95.6 Å². The summed E-state index contributed by atoms with van der Waals surface area (Å²) in [4.78, 5) is 14.1. The number of nitrogens with one attached hydrogen (secondary N) is 1. The summed E-state index contributed by atoms with van der Waals surface area (Å²) < 4.78 is 21.8. The van der Waals surface area contributed by atoms with Gasteiger partial charge in [-0.05, 0) is 43.0 Å². The Kier molecular flexibility index (Phi) is 6.73. The molecule has 4 heterocycles. The van der Waals surface area contributed by atoms with Crippen molar-refractivity contribution in [2.45, 2.75) is 44.8 Å².